The topological polar surface area (TPSA) is 37.4 Å². The standard InChI is InChI=1S/C13H20BrNO2S2/c1-15(8-13-7-12(14)9-18-13)19(16,17)10-11-5-3-2-4-6-11/h7,9,11H,2-6,8,10H2,1H3. The minimum atomic E-state index is -3.12. The highest BCUT2D eigenvalue weighted by atomic mass is 79.9. The molecule has 0 aliphatic heterocycles. The van der Waals surface area contributed by atoms with Crippen LogP contribution in [-0.2, 0) is 16.6 Å². The zero-order valence-electron chi connectivity index (χ0n) is 11.1. The van der Waals surface area contributed by atoms with Crippen LogP contribution < -0.4 is 0 Å². The van der Waals surface area contributed by atoms with E-state index in [9.17, 15) is 8.42 Å². The second kappa shape index (κ2) is 6.70. The average Bonchev–Trinajstić information content (AvgIpc) is 2.75. The summed E-state index contributed by atoms with van der Waals surface area (Å²) in [6, 6.07) is 1.98. The third-order valence-corrected chi connectivity index (χ3v) is 7.30. The van der Waals surface area contributed by atoms with Crippen LogP contribution in [0.1, 0.15) is 37.0 Å². The number of rotatable bonds is 5. The molecule has 0 radical (unpaired) electrons. The van der Waals surface area contributed by atoms with Crippen LogP contribution in [0.15, 0.2) is 15.9 Å². The summed E-state index contributed by atoms with van der Waals surface area (Å²) < 4.78 is 27.2. The molecule has 1 saturated carbocycles. The van der Waals surface area contributed by atoms with Crippen molar-refractivity contribution in [3.05, 3.63) is 20.8 Å². The lowest BCUT2D eigenvalue weighted by Gasteiger charge is -2.24. The summed E-state index contributed by atoms with van der Waals surface area (Å²) in [5, 5.41) is 1.98. The number of halogens is 1. The maximum Gasteiger partial charge on any atom is 0.214 e. The van der Waals surface area contributed by atoms with Crippen LogP contribution >= 0.6 is 27.3 Å². The van der Waals surface area contributed by atoms with Gasteiger partial charge in [0.1, 0.15) is 0 Å². The minimum Gasteiger partial charge on any atom is -0.212 e. The Bertz CT molecular complexity index is 506. The van der Waals surface area contributed by atoms with Gasteiger partial charge in [-0.3, -0.25) is 0 Å². The van der Waals surface area contributed by atoms with Gasteiger partial charge in [0.15, 0.2) is 0 Å². The summed E-state index contributed by atoms with van der Waals surface area (Å²) >= 11 is 4.98. The fraction of sp³-hybridized carbons (Fsp3) is 0.692. The zero-order valence-corrected chi connectivity index (χ0v) is 14.4. The van der Waals surface area contributed by atoms with Crippen LogP contribution in [0.5, 0.6) is 0 Å². The molecule has 3 nitrogen and oxygen atoms in total. The van der Waals surface area contributed by atoms with Crippen molar-refractivity contribution in [2.24, 2.45) is 5.92 Å². The Labute approximate surface area is 128 Å². The normalized spacial score (nSPS) is 18.1. The fourth-order valence-electron chi connectivity index (χ4n) is 2.53. The molecule has 2 rings (SSSR count). The van der Waals surface area contributed by atoms with E-state index in [1.165, 1.54) is 23.6 Å². The first-order valence-corrected chi connectivity index (χ1v) is 9.92. The van der Waals surface area contributed by atoms with E-state index < -0.39 is 10.0 Å². The first-order chi connectivity index (χ1) is 8.97. The second-order valence-electron chi connectivity index (χ2n) is 5.27. The van der Waals surface area contributed by atoms with E-state index in [2.05, 4.69) is 15.9 Å². The Kier molecular flexibility index (Phi) is 5.45. The van der Waals surface area contributed by atoms with E-state index in [-0.39, 0.29) is 0 Å². The van der Waals surface area contributed by atoms with Gasteiger partial charge in [0.25, 0.3) is 0 Å². The highest BCUT2D eigenvalue weighted by molar-refractivity contribution is 9.10. The first kappa shape index (κ1) is 15.5. The lowest BCUT2D eigenvalue weighted by molar-refractivity contribution is 0.375. The summed E-state index contributed by atoms with van der Waals surface area (Å²) in [4.78, 5) is 1.07. The number of thiophene rings is 1. The molecule has 0 bridgehead atoms. The van der Waals surface area contributed by atoms with Crippen molar-refractivity contribution in [2.45, 2.75) is 38.6 Å². The maximum absolute atomic E-state index is 12.3. The molecule has 1 aromatic heterocycles. The molecule has 1 aliphatic rings. The fourth-order valence-corrected chi connectivity index (χ4v) is 5.64. The van der Waals surface area contributed by atoms with Crippen molar-refractivity contribution in [1.29, 1.82) is 0 Å². The summed E-state index contributed by atoms with van der Waals surface area (Å²) in [5.41, 5.74) is 0. The van der Waals surface area contributed by atoms with Crippen LogP contribution in [0.25, 0.3) is 0 Å². The van der Waals surface area contributed by atoms with E-state index in [0.29, 0.717) is 18.2 Å². The Balaban J connectivity index is 1.94. The molecule has 1 aliphatic carbocycles. The van der Waals surface area contributed by atoms with E-state index in [0.717, 1.165) is 22.2 Å². The Morgan fingerprint density at radius 1 is 1.37 bits per heavy atom. The predicted molar refractivity (Wildman–Crippen MR) is 83.8 cm³/mol. The van der Waals surface area contributed by atoms with E-state index in [1.54, 1.807) is 18.4 Å². The van der Waals surface area contributed by atoms with Crippen molar-refractivity contribution >= 4 is 37.3 Å². The molecular weight excluding hydrogens is 346 g/mol. The smallest absolute Gasteiger partial charge is 0.212 e. The van der Waals surface area contributed by atoms with Gasteiger partial charge in [-0.1, -0.05) is 19.3 Å². The van der Waals surface area contributed by atoms with Gasteiger partial charge in [0.2, 0.25) is 10.0 Å². The molecule has 0 N–H and O–H groups in total. The molecular formula is C13H20BrNO2S2. The first-order valence-electron chi connectivity index (χ1n) is 6.64. The van der Waals surface area contributed by atoms with Crippen molar-refractivity contribution < 1.29 is 8.42 Å². The Morgan fingerprint density at radius 3 is 2.63 bits per heavy atom. The molecule has 1 aromatic rings. The van der Waals surface area contributed by atoms with Gasteiger partial charge >= 0.3 is 0 Å². The van der Waals surface area contributed by atoms with Crippen molar-refractivity contribution in [3.63, 3.8) is 0 Å². The van der Waals surface area contributed by atoms with Crippen LogP contribution in [-0.4, -0.2) is 25.5 Å². The van der Waals surface area contributed by atoms with Crippen molar-refractivity contribution in [1.82, 2.24) is 4.31 Å². The average molecular weight is 366 g/mol. The van der Waals surface area contributed by atoms with Crippen LogP contribution in [0.3, 0.4) is 0 Å². The Morgan fingerprint density at radius 2 is 2.05 bits per heavy atom. The van der Waals surface area contributed by atoms with Gasteiger partial charge in [-0.25, -0.2) is 8.42 Å². The van der Waals surface area contributed by atoms with Gasteiger partial charge in [-0.05, 0) is 40.8 Å². The molecule has 108 valence electrons. The maximum atomic E-state index is 12.3. The van der Waals surface area contributed by atoms with Gasteiger partial charge in [0, 0.05) is 28.3 Å². The monoisotopic (exact) mass is 365 g/mol. The number of sulfonamides is 1. The van der Waals surface area contributed by atoms with Gasteiger partial charge in [-0.2, -0.15) is 4.31 Å². The van der Waals surface area contributed by atoms with Gasteiger partial charge < -0.3 is 0 Å². The highest BCUT2D eigenvalue weighted by Crippen LogP contribution is 2.27. The SMILES string of the molecule is CN(Cc1cc(Br)cs1)S(=O)(=O)CC1CCCCC1. The van der Waals surface area contributed by atoms with E-state index >= 15 is 0 Å². The second-order valence-corrected chi connectivity index (χ2v) is 9.30. The van der Waals surface area contributed by atoms with Crippen molar-refractivity contribution in [2.75, 3.05) is 12.8 Å². The lowest BCUT2D eigenvalue weighted by Crippen LogP contribution is -2.32. The summed E-state index contributed by atoms with van der Waals surface area (Å²) in [7, 11) is -1.44. The number of nitrogens with zero attached hydrogens (tertiary/aromatic N) is 1. The third kappa shape index (κ3) is 4.55. The molecule has 0 aromatic carbocycles. The molecule has 0 spiro atoms. The van der Waals surface area contributed by atoms with Crippen molar-refractivity contribution in [3.8, 4) is 0 Å². The number of hydrogen-bond donors (Lipinski definition) is 0. The summed E-state index contributed by atoms with van der Waals surface area (Å²) in [5.74, 6) is 0.673. The minimum absolute atomic E-state index is 0.316. The van der Waals surface area contributed by atoms with E-state index in [1.807, 2.05) is 11.4 Å². The van der Waals surface area contributed by atoms with E-state index in [4.69, 9.17) is 0 Å². The summed E-state index contributed by atoms with van der Waals surface area (Å²) in [6.45, 7) is 0.477. The number of hydrogen-bond acceptors (Lipinski definition) is 3. The molecule has 0 atom stereocenters. The molecule has 0 unspecified atom stereocenters. The third-order valence-electron chi connectivity index (χ3n) is 3.65. The molecule has 0 saturated heterocycles. The Hall–Kier alpha value is 0.0900. The predicted octanol–water partition coefficient (Wildman–Crippen LogP) is 3.85. The summed E-state index contributed by atoms with van der Waals surface area (Å²) in [6.07, 6.45) is 5.76. The quantitative estimate of drug-likeness (QED) is 0.794. The van der Waals surface area contributed by atoms with Crippen LogP contribution in [0.4, 0.5) is 0 Å². The molecule has 19 heavy (non-hydrogen) atoms. The largest absolute Gasteiger partial charge is 0.214 e. The molecule has 0 amide bonds. The molecule has 1 fully saturated rings. The lowest BCUT2D eigenvalue weighted by atomic mass is 9.91. The van der Waals surface area contributed by atoms with Gasteiger partial charge in [0.05, 0.1) is 5.75 Å². The molecule has 6 heteroatoms. The van der Waals surface area contributed by atoms with Gasteiger partial charge in [-0.15, -0.1) is 11.3 Å². The highest BCUT2D eigenvalue weighted by Gasteiger charge is 2.25. The van der Waals surface area contributed by atoms with Crippen LogP contribution in [0.2, 0.25) is 0 Å². The molecule has 1 heterocycles. The van der Waals surface area contributed by atoms with Crippen LogP contribution in [0, 0.1) is 5.92 Å². The zero-order chi connectivity index (χ0) is 13.9.